The van der Waals surface area contributed by atoms with Crippen LogP contribution in [-0.4, -0.2) is 23.9 Å². The Morgan fingerprint density at radius 3 is 2.68 bits per heavy atom. The minimum atomic E-state index is -0.0433. The summed E-state index contributed by atoms with van der Waals surface area (Å²) in [6.07, 6.45) is 1.04. The third-order valence-corrected chi connectivity index (χ3v) is 3.50. The molecule has 0 radical (unpaired) electrons. The highest BCUT2D eigenvalue weighted by Crippen LogP contribution is 2.22. The molecule has 0 saturated heterocycles. The Labute approximate surface area is 119 Å². The van der Waals surface area contributed by atoms with Gasteiger partial charge in [0.1, 0.15) is 0 Å². The van der Waals surface area contributed by atoms with Crippen LogP contribution in [0.1, 0.15) is 37.6 Å². The third-order valence-electron chi connectivity index (χ3n) is 3.27. The number of hydrogen-bond acceptors (Lipinski definition) is 3. The molecule has 1 unspecified atom stereocenters. The Hall–Kier alpha value is -1.26. The monoisotopic (exact) mass is 283 g/mol. The lowest BCUT2D eigenvalue weighted by molar-refractivity contribution is 0.0742. The van der Waals surface area contributed by atoms with Crippen molar-refractivity contribution in [3.63, 3.8) is 0 Å². The number of nitrogen functional groups attached to an aromatic ring is 1. The smallest absolute Gasteiger partial charge is 0.256 e. The van der Waals surface area contributed by atoms with Crippen molar-refractivity contribution in [3.05, 3.63) is 28.8 Å². The number of nitrogens with zero attached hydrogens (tertiary/aromatic N) is 1. The number of nitrogens with one attached hydrogen (secondary N) is 1. The van der Waals surface area contributed by atoms with Gasteiger partial charge in [-0.3, -0.25) is 10.6 Å². The zero-order chi connectivity index (χ0) is 14.4. The van der Waals surface area contributed by atoms with Crippen LogP contribution in [0.25, 0.3) is 0 Å². The minimum Gasteiger partial charge on any atom is -0.339 e. The number of halogens is 1. The summed E-state index contributed by atoms with van der Waals surface area (Å²) >= 11 is 5.96. The molecule has 4 nitrogen and oxygen atoms in total. The van der Waals surface area contributed by atoms with Crippen molar-refractivity contribution in [3.8, 4) is 0 Å². The lowest BCUT2D eigenvalue weighted by Crippen LogP contribution is -2.35. The van der Waals surface area contributed by atoms with E-state index in [1.54, 1.807) is 18.2 Å². The van der Waals surface area contributed by atoms with E-state index in [4.69, 9.17) is 17.4 Å². The summed E-state index contributed by atoms with van der Waals surface area (Å²) in [5, 5.41) is 0.530. The zero-order valence-corrected chi connectivity index (χ0v) is 12.5. The van der Waals surface area contributed by atoms with E-state index in [0.29, 0.717) is 28.7 Å². The van der Waals surface area contributed by atoms with Crippen molar-refractivity contribution in [2.24, 2.45) is 11.8 Å². The molecule has 0 saturated carbocycles. The number of carbonyl (C=O) groups is 1. The van der Waals surface area contributed by atoms with Gasteiger partial charge in [-0.1, -0.05) is 31.9 Å². The van der Waals surface area contributed by atoms with Crippen LogP contribution in [0.15, 0.2) is 18.2 Å². The zero-order valence-electron chi connectivity index (χ0n) is 11.7. The van der Waals surface area contributed by atoms with Crippen LogP contribution in [0, 0.1) is 5.92 Å². The highest BCUT2D eigenvalue weighted by molar-refractivity contribution is 6.31. The molecule has 19 heavy (non-hydrogen) atoms. The summed E-state index contributed by atoms with van der Waals surface area (Å²) in [5.74, 6) is 5.87. The van der Waals surface area contributed by atoms with Gasteiger partial charge >= 0.3 is 0 Å². The predicted molar refractivity (Wildman–Crippen MR) is 80.3 cm³/mol. The fourth-order valence-electron chi connectivity index (χ4n) is 1.85. The first-order chi connectivity index (χ1) is 9.03. The predicted octanol–water partition coefficient (Wildman–Crippen LogP) is 3.13. The summed E-state index contributed by atoms with van der Waals surface area (Å²) in [5.41, 5.74) is 3.65. The lowest BCUT2D eigenvalue weighted by Gasteiger charge is -2.25. The van der Waals surface area contributed by atoms with Gasteiger partial charge in [-0.25, -0.2) is 0 Å². The van der Waals surface area contributed by atoms with Crippen molar-refractivity contribution in [2.75, 3.05) is 18.5 Å². The average Bonchev–Trinajstić information content (AvgIpc) is 2.43. The molecule has 1 rings (SSSR count). The number of rotatable bonds is 6. The molecular weight excluding hydrogens is 262 g/mol. The van der Waals surface area contributed by atoms with E-state index in [0.717, 1.165) is 13.0 Å². The number of hydrazine groups is 1. The first kappa shape index (κ1) is 15.8. The molecule has 0 aromatic heterocycles. The molecule has 0 fully saturated rings. The van der Waals surface area contributed by atoms with Crippen LogP contribution >= 0.6 is 11.6 Å². The highest BCUT2D eigenvalue weighted by Gasteiger charge is 2.19. The molecule has 1 atom stereocenters. The second-order valence-electron chi connectivity index (χ2n) is 4.69. The molecule has 1 aromatic carbocycles. The fraction of sp³-hybridized carbons (Fsp3) is 0.500. The largest absolute Gasteiger partial charge is 0.339 e. The Balaban J connectivity index is 2.99. The topological polar surface area (TPSA) is 58.4 Å². The summed E-state index contributed by atoms with van der Waals surface area (Å²) in [6.45, 7) is 7.63. The van der Waals surface area contributed by atoms with E-state index in [2.05, 4.69) is 19.3 Å². The Kier molecular flexibility index (Phi) is 6.12. The molecule has 0 aliphatic carbocycles. The maximum absolute atomic E-state index is 12.5. The van der Waals surface area contributed by atoms with Gasteiger partial charge < -0.3 is 10.3 Å². The Morgan fingerprint density at radius 2 is 2.16 bits per heavy atom. The summed E-state index contributed by atoms with van der Waals surface area (Å²) in [4.78, 5) is 14.4. The number of carbonyl (C=O) groups excluding carboxylic acids is 1. The second-order valence-corrected chi connectivity index (χ2v) is 5.13. The maximum Gasteiger partial charge on any atom is 0.256 e. The minimum absolute atomic E-state index is 0.0433. The van der Waals surface area contributed by atoms with E-state index < -0.39 is 0 Å². The number of amides is 1. The normalized spacial score (nSPS) is 12.1. The van der Waals surface area contributed by atoms with Gasteiger partial charge in [0.2, 0.25) is 0 Å². The molecule has 0 aliphatic heterocycles. The van der Waals surface area contributed by atoms with E-state index in [1.807, 2.05) is 11.8 Å². The Morgan fingerprint density at radius 1 is 1.47 bits per heavy atom. The molecule has 0 spiro atoms. The molecule has 0 heterocycles. The molecule has 1 amide bonds. The van der Waals surface area contributed by atoms with Crippen LogP contribution in [0.2, 0.25) is 5.02 Å². The van der Waals surface area contributed by atoms with Crippen molar-refractivity contribution < 1.29 is 4.79 Å². The average molecular weight is 284 g/mol. The van der Waals surface area contributed by atoms with Crippen molar-refractivity contribution >= 4 is 23.2 Å². The van der Waals surface area contributed by atoms with E-state index in [1.165, 1.54) is 0 Å². The number of nitrogens with two attached hydrogens (primary N) is 1. The van der Waals surface area contributed by atoms with Gasteiger partial charge in [0, 0.05) is 18.1 Å². The quantitative estimate of drug-likeness (QED) is 0.623. The van der Waals surface area contributed by atoms with E-state index in [9.17, 15) is 4.79 Å². The standard InChI is InChI=1S/C14H22ClN3O/c1-4-10(3)9-18(5-2)14(19)12-8-11(15)6-7-13(12)17-16/h6-8,10,17H,4-5,9,16H2,1-3H3. The maximum atomic E-state index is 12.5. The van der Waals surface area contributed by atoms with Crippen molar-refractivity contribution in [1.82, 2.24) is 4.90 Å². The number of anilines is 1. The molecule has 1 aromatic rings. The van der Waals surface area contributed by atoms with Crippen molar-refractivity contribution in [1.29, 1.82) is 0 Å². The lowest BCUT2D eigenvalue weighted by atomic mass is 10.1. The molecular formula is C14H22ClN3O. The summed E-state index contributed by atoms with van der Waals surface area (Å²) < 4.78 is 0. The fourth-order valence-corrected chi connectivity index (χ4v) is 2.02. The molecule has 0 bridgehead atoms. The molecule has 0 aliphatic rings. The van der Waals surface area contributed by atoms with Crippen LogP contribution in [0.5, 0.6) is 0 Å². The van der Waals surface area contributed by atoms with Crippen LogP contribution in [-0.2, 0) is 0 Å². The van der Waals surface area contributed by atoms with Gasteiger partial charge in [-0.15, -0.1) is 0 Å². The summed E-state index contributed by atoms with van der Waals surface area (Å²) in [7, 11) is 0. The number of hydrogen-bond donors (Lipinski definition) is 2. The third kappa shape index (κ3) is 4.11. The van der Waals surface area contributed by atoms with Crippen molar-refractivity contribution in [2.45, 2.75) is 27.2 Å². The van der Waals surface area contributed by atoms with Gasteiger partial charge in [0.25, 0.3) is 5.91 Å². The molecule has 5 heteroatoms. The first-order valence-corrected chi connectivity index (χ1v) is 6.96. The van der Waals surface area contributed by atoms with E-state index >= 15 is 0 Å². The van der Waals surface area contributed by atoms with Gasteiger partial charge in [0.05, 0.1) is 11.3 Å². The van der Waals surface area contributed by atoms with Crippen LogP contribution < -0.4 is 11.3 Å². The second kappa shape index (κ2) is 7.36. The van der Waals surface area contributed by atoms with Crippen LogP contribution in [0.4, 0.5) is 5.69 Å². The molecule has 106 valence electrons. The Bertz CT molecular complexity index is 437. The van der Waals surface area contributed by atoms with E-state index in [-0.39, 0.29) is 5.91 Å². The number of benzene rings is 1. The van der Waals surface area contributed by atoms with Crippen LogP contribution in [0.3, 0.4) is 0 Å². The highest BCUT2D eigenvalue weighted by atomic mass is 35.5. The first-order valence-electron chi connectivity index (χ1n) is 6.58. The SMILES string of the molecule is CCC(C)CN(CC)C(=O)c1cc(Cl)ccc1NN. The van der Waals surface area contributed by atoms with Gasteiger partial charge in [-0.2, -0.15) is 0 Å². The van der Waals surface area contributed by atoms with Gasteiger partial charge in [-0.05, 0) is 31.0 Å². The molecule has 3 N–H and O–H groups in total. The summed E-state index contributed by atoms with van der Waals surface area (Å²) in [6, 6.07) is 5.07. The van der Waals surface area contributed by atoms with Gasteiger partial charge in [0.15, 0.2) is 0 Å².